The van der Waals surface area contributed by atoms with Crippen molar-refractivity contribution in [2.75, 3.05) is 17.4 Å². The fraction of sp³-hybridized carbons (Fsp3) is 0.105. The maximum Gasteiger partial charge on any atom is 0.233 e. The van der Waals surface area contributed by atoms with Gasteiger partial charge in [0.1, 0.15) is 6.42 Å². The third kappa shape index (κ3) is 3.27. The van der Waals surface area contributed by atoms with Crippen LogP contribution in [0.15, 0.2) is 54.7 Å². The molecule has 0 fully saturated rings. The molecule has 0 bridgehead atoms. The Labute approximate surface area is 148 Å². The first kappa shape index (κ1) is 15.9. The van der Waals surface area contributed by atoms with Gasteiger partial charge in [-0.3, -0.25) is 14.6 Å². The highest BCUT2D eigenvalue weighted by Crippen LogP contribution is 2.34. The summed E-state index contributed by atoms with van der Waals surface area (Å²) < 4.78 is 10.5. The molecule has 2 amide bonds. The summed E-state index contributed by atoms with van der Waals surface area (Å²) in [6, 6.07) is 14.3. The van der Waals surface area contributed by atoms with E-state index in [0.717, 1.165) is 5.39 Å². The molecule has 0 saturated carbocycles. The topological polar surface area (TPSA) is 89.6 Å². The third-order valence-corrected chi connectivity index (χ3v) is 3.88. The minimum Gasteiger partial charge on any atom is -0.454 e. The molecule has 130 valence electrons. The number of pyridine rings is 1. The van der Waals surface area contributed by atoms with Crippen molar-refractivity contribution in [3.8, 4) is 11.5 Å². The number of aromatic nitrogens is 1. The van der Waals surface area contributed by atoms with Crippen LogP contribution in [0.5, 0.6) is 11.5 Å². The summed E-state index contributed by atoms with van der Waals surface area (Å²) in [4.78, 5) is 28.6. The first-order valence-corrected chi connectivity index (χ1v) is 8.02. The Morgan fingerprint density at radius 1 is 0.962 bits per heavy atom. The molecule has 0 unspecified atom stereocenters. The number of fused-ring (bicyclic) bond motifs is 2. The molecule has 0 atom stereocenters. The fourth-order valence-electron chi connectivity index (χ4n) is 2.72. The zero-order valence-corrected chi connectivity index (χ0v) is 13.7. The van der Waals surface area contributed by atoms with Crippen LogP contribution in [-0.2, 0) is 9.59 Å². The van der Waals surface area contributed by atoms with Gasteiger partial charge in [-0.2, -0.15) is 0 Å². The highest BCUT2D eigenvalue weighted by atomic mass is 16.7. The standard InChI is InChI=1S/C19H15N3O4/c23-17(21-13-6-7-15-16(9-13)26-11-25-15)10-18(24)22-14-5-1-3-12-4-2-8-20-19(12)14/h1-9H,10-11H2,(H,21,23)(H,22,24). The Morgan fingerprint density at radius 3 is 2.69 bits per heavy atom. The van der Waals surface area contributed by atoms with Crippen molar-refractivity contribution in [1.82, 2.24) is 4.98 Å². The number of anilines is 2. The summed E-state index contributed by atoms with van der Waals surface area (Å²) in [5, 5.41) is 6.32. The van der Waals surface area contributed by atoms with Crippen LogP contribution in [0.4, 0.5) is 11.4 Å². The molecule has 0 saturated heterocycles. The molecule has 4 rings (SSSR count). The van der Waals surface area contributed by atoms with Gasteiger partial charge < -0.3 is 20.1 Å². The lowest BCUT2D eigenvalue weighted by molar-refractivity contribution is -0.123. The van der Waals surface area contributed by atoms with Gasteiger partial charge >= 0.3 is 0 Å². The maximum atomic E-state index is 12.2. The van der Waals surface area contributed by atoms with Crippen molar-refractivity contribution < 1.29 is 19.1 Å². The van der Waals surface area contributed by atoms with E-state index in [1.54, 1.807) is 30.5 Å². The number of amides is 2. The average molecular weight is 349 g/mol. The van der Waals surface area contributed by atoms with Crippen LogP contribution in [0, 0.1) is 0 Å². The van der Waals surface area contributed by atoms with Crippen molar-refractivity contribution >= 4 is 34.1 Å². The fourth-order valence-corrected chi connectivity index (χ4v) is 2.72. The number of hydrogen-bond donors (Lipinski definition) is 2. The van der Waals surface area contributed by atoms with Crippen LogP contribution in [-0.4, -0.2) is 23.6 Å². The number of carbonyl (C=O) groups excluding carboxylic acids is 2. The van der Waals surface area contributed by atoms with E-state index < -0.39 is 11.8 Å². The minimum atomic E-state index is -0.422. The van der Waals surface area contributed by atoms with Gasteiger partial charge in [0.15, 0.2) is 11.5 Å². The molecule has 1 aliphatic heterocycles. The number of benzene rings is 2. The molecule has 7 nitrogen and oxygen atoms in total. The Balaban J connectivity index is 1.40. The second-order valence-electron chi connectivity index (χ2n) is 5.72. The summed E-state index contributed by atoms with van der Waals surface area (Å²) in [6.45, 7) is 0.161. The molecule has 3 aromatic rings. The Hall–Kier alpha value is -3.61. The number of nitrogens with zero attached hydrogens (tertiary/aromatic N) is 1. The molecule has 26 heavy (non-hydrogen) atoms. The molecule has 0 aliphatic carbocycles. The van der Waals surface area contributed by atoms with Crippen molar-refractivity contribution in [2.45, 2.75) is 6.42 Å². The monoisotopic (exact) mass is 349 g/mol. The van der Waals surface area contributed by atoms with E-state index in [1.165, 1.54) is 0 Å². The molecule has 0 radical (unpaired) electrons. The first-order chi connectivity index (χ1) is 12.7. The lowest BCUT2D eigenvalue weighted by Crippen LogP contribution is -2.21. The highest BCUT2D eigenvalue weighted by molar-refractivity contribution is 6.10. The minimum absolute atomic E-state index is 0.161. The number of ether oxygens (including phenoxy) is 2. The van der Waals surface area contributed by atoms with Gasteiger partial charge in [0.2, 0.25) is 18.6 Å². The Morgan fingerprint density at radius 2 is 1.77 bits per heavy atom. The normalized spacial score (nSPS) is 12.0. The van der Waals surface area contributed by atoms with Crippen molar-refractivity contribution in [3.05, 3.63) is 54.7 Å². The van der Waals surface area contributed by atoms with Crippen LogP contribution in [0.2, 0.25) is 0 Å². The molecule has 7 heteroatoms. The van der Waals surface area contributed by atoms with Crippen LogP contribution in [0.3, 0.4) is 0 Å². The summed E-state index contributed by atoms with van der Waals surface area (Å²) in [7, 11) is 0. The predicted molar refractivity (Wildman–Crippen MR) is 96.2 cm³/mol. The summed E-state index contributed by atoms with van der Waals surface area (Å²) in [6.07, 6.45) is 1.35. The van der Waals surface area contributed by atoms with E-state index in [9.17, 15) is 9.59 Å². The first-order valence-electron chi connectivity index (χ1n) is 8.02. The van der Waals surface area contributed by atoms with Crippen LogP contribution < -0.4 is 20.1 Å². The van der Waals surface area contributed by atoms with Gasteiger partial charge in [-0.15, -0.1) is 0 Å². The maximum absolute atomic E-state index is 12.2. The van der Waals surface area contributed by atoms with E-state index in [-0.39, 0.29) is 13.2 Å². The van der Waals surface area contributed by atoms with Gasteiger partial charge in [0.05, 0.1) is 11.2 Å². The Bertz CT molecular complexity index is 998. The smallest absolute Gasteiger partial charge is 0.233 e. The van der Waals surface area contributed by atoms with Crippen LogP contribution >= 0.6 is 0 Å². The number of para-hydroxylation sites is 1. The predicted octanol–water partition coefficient (Wildman–Crippen LogP) is 2.93. The van der Waals surface area contributed by atoms with Gasteiger partial charge in [0.25, 0.3) is 0 Å². The van der Waals surface area contributed by atoms with Crippen molar-refractivity contribution in [1.29, 1.82) is 0 Å². The summed E-state index contributed by atoms with van der Waals surface area (Å²) >= 11 is 0. The van der Waals surface area contributed by atoms with E-state index >= 15 is 0 Å². The van der Waals surface area contributed by atoms with Gasteiger partial charge in [0, 0.05) is 23.3 Å². The molecule has 2 heterocycles. The average Bonchev–Trinajstić information content (AvgIpc) is 3.09. The zero-order valence-electron chi connectivity index (χ0n) is 13.7. The highest BCUT2D eigenvalue weighted by Gasteiger charge is 2.16. The van der Waals surface area contributed by atoms with Gasteiger partial charge in [-0.05, 0) is 24.3 Å². The molecule has 2 aromatic carbocycles. The lowest BCUT2D eigenvalue weighted by atomic mass is 10.2. The number of nitrogens with one attached hydrogen (secondary N) is 2. The number of rotatable bonds is 4. The third-order valence-electron chi connectivity index (χ3n) is 3.88. The van der Waals surface area contributed by atoms with Crippen molar-refractivity contribution in [2.24, 2.45) is 0 Å². The summed E-state index contributed by atoms with van der Waals surface area (Å²) in [5.41, 5.74) is 1.79. The molecule has 0 spiro atoms. The van der Waals surface area contributed by atoms with E-state index in [1.807, 2.05) is 24.3 Å². The van der Waals surface area contributed by atoms with E-state index in [0.29, 0.717) is 28.4 Å². The second-order valence-corrected chi connectivity index (χ2v) is 5.72. The summed E-state index contributed by atoms with van der Waals surface area (Å²) in [5.74, 6) is 0.356. The largest absolute Gasteiger partial charge is 0.454 e. The zero-order chi connectivity index (χ0) is 17.9. The van der Waals surface area contributed by atoms with E-state index in [4.69, 9.17) is 9.47 Å². The van der Waals surface area contributed by atoms with Crippen LogP contribution in [0.1, 0.15) is 6.42 Å². The second kappa shape index (κ2) is 6.72. The number of carbonyl (C=O) groups is 2. The molecule has 1 aliphatic rings. The number of hydrogen-bond acceptors (Lipinski definition) is 5. The van der Waals surface area contributed by atoms with Gasteiger partial charge in [-0.1, -0.05) is 18.2 Å². The van der Waals surface area contributed by atoms with E-state index in [2.05, 4.69) is 15.6 Å². The van der Waals surface area contributed by atoms with Crippen LogP contribution in [0.25, 0.3) is 10.9 Å². The quantitative estimate of drug-likeness (QED) is 0.707. The Kier molecular flexibility index (Phi) is 4.10. The lowest BCUT2D eigenvalue weighted by Gasteiger charge is -2.09. The molecule has 1 aromatic heterocycles. The SMILES string of the molecule is O=C(CC(=O)Nc1cccc2cccnc12)Nc1ccc2c(c1)OCO2. The molecule has 2 N–H and O–H groups in total. The molecular weight excluding hydrogens is 334 g/mol. The molecular formula is C19H15N3O4. The van der Waals surface area contributed by atoms with Crippen molar-refractivity contribution in [3.63, 3.8) is 0 Å². The van der Waals surface area contributed by atoms with Gasteiger partial charge in [-0.25, -0.2) is 0 Å².